The predicted octanol–water partition coefficient (Wildman–Crippen LogP) is 5.85. The summed E-state index contributed by atoms with van der Waals surface area (Å²) in [5, 5.41) is 0. The van der Waals surface area contributed by atoms with Crippen molar-refractivity contribution >= 4 is 27.7 Å². The molecule has 5 nitrogen and oxygen atoms in total. The maximum absolute atomic E-state index is 13.7. The second kappa shape index (κ2) is 11.6. The number of benzene rings is 1. The van der Waals surface area contributed by atoms with Crippen LogP contribution < -0.4 is 0 Å². The minimum absolute atomic E-state index is 0.0953. The first-order chi connectivity index (χ1) is 16.4. The fraction of sp³-hybridized carbons (Fsp3) is 0.571. The van der Waals surface area contributed by atoms with Crippen LogP contribution in [0.25, 0.3) is 0 Å². The van der Waals surface area contributed by atoms with E-state index in [1.54, 1.807) is 0 Å². The molecule has 0 N–H and O–H groups in total. The van der Waals surface area contributed by atoms with Crippen LogP contribution in [-0.4, -0.2) is 45.3 Å². The summed E-state index contributed by atoms with van der Waals surface area (Å²) in [6.45, 7) is 6.47. The molecule has 1 aromatic heterocycles. The Morgan fingerprint density at radius 3 is 2.38 bits per heavy atom. The van der Waals surface area contributed by atoms with E-state index in [0.717, 1.165) is 42.4 Å². The largest absolute Gasteiger partial charge is 0.345 e. The highest BCUT2D eigenvalue weighted by molar-refractivity contribution is 9.10. The molecule has 1 aromatic carbocycles. The van der Waals surface area contributed by atoms with E-state index in [9.17, 15) is 9.59 Å². The average molecular weight is 529 g/mol. The molecule has 0 unspecified atom stereocenters. The lowest BCUT2D eigenvalue weighted by molar-refractivity contribution is -0.143. The molecule has 2 aliphatic rings. The van der Waals surface area contributed by atoms with Gasteiger partial charge in [0.25, 0.3) is 0 Å². The number of rotatable bonds is 10. The number of halogens is 1. The van der Waals surface area contributed by atoms with Gasteiger partial charge in [0.05, 0.1) is 13.1 Å². The molecule has 0 saturated heterocycles. The maximum atomic E-state index is 13.7. The van der Waals surface area contributed by atoms with Crippen molar-refractivity contribution < 1.29 is 9.59 Å². The maximum Gasteiger partial charge on any atom is 0.242 e. The zero-order chi connectivity index (χ0) is 24.1. The molecule has 0 bridgehead atoms. The van der Waals surface area contributed by atoms with Gasteiger partial charge < -0.3 is 14.4 Å². The molecule has 2 amide bonds. The highest BCUT2D eigenvalue weighted by Crippen LogP contribution is 2.31. The van der Waals surface area contributed by atoms with Crippen LogP contribution in [-0.2, 0) is 22.7 Å². The van der Waals surface area contributed by atoms with Gasteiger partial charge in [0.1, 0.15) is 0 Å². The van der Waals surface area contributed by atoms with Crippen LogP contribution in [0.3, 0.4) is 0 Å². The first kappa shape index (κ1) is 25.0. The summed E-state index contributed by atoms with van der Waals surface area (Å²) < 4.78 is 3.32. The zero-order valence-electron chi connectivity index (χ0n) is 20.6. The third-order valence-corrected chi connectivity index (χ3v) is 7.54. The Morgan fingerprint density at radius 2 is 1.74 bits per heavy atom. The van der Waals surface area contributed by atoms with E-state index in [0.29, 0.717) is 19.0 Å². The molecule has 0 atom stereocenters. The van der Waals surface area contributed by atoms with Gasteiger partial charge in [0.2, 0.25) is 11.8 Å². The van der Waals surface area contributed by atoms with Crippen LogP contribution >= 0.6 is 15.9 Å². The van der Waals surface area contributed by atoms with E-state index in [1.807, 2.05) is 4.90 Å². The minimum Gasteiger partial charge on any atom is -0.345 e. The van der Waals surface area contributed by atoms with Crippen LogP contribution in [0.15, 0.2) is 47.1 Å². The van der Waals surface area contributed by atoms with Gasteiger partial charge in [-0.25, -0.2) is 0 Å². The Hall–Kier alpha value is -2.08. The van der Waals surface area contributed by atoms with E-state index in [1.165, 1.54) is 24.8 Å². The lowest BCUT2D eigenvalue weighted by atomic mass is 9.94. The van der Waals surface area contributed by atoms with E-state index in [4.69, 9.17) is 0 Å². The molecule has 0 spiro atoms. The third kappa shape index (κ3) is 6.74. The predicted molar refractivity (Wildman–Crippen MR) is 139 cm³/mol. The highest BCUT2D eigenvalue weighted by atomic mass is 79.9. The topological polar surface area (TPSA) is 45.6 Å². The van der Waals surface area contributed by atoms with E-state index < -0.39 is 0 Å². The van der Waals surface area contributed by atoms with Gasteiger partial charge in [0, 0.05) is 41.4 Å². The second-order valence-electron chi connectivity index (χ2n) is 10.5. The molecule has 1 heterocycles. The summed E-state index contributed by atoms with van der Waals surface area (Å²) in [5.41, 5.74) is 2.38. The van der Waals surface area contributed by atoms with Gasteiger partial charge in [-0.15, -0.1) is 0 Å². The Balaban J connectivity index is 1.51. The van der Waals surface area contributed by atoms with Crippen LogP contribution in [0, 0.1) is 11.8 Å². The lowest BCUT2D eigenvalue weighted by Gasteiger charge is -2.36. The van der Waals surface area contributed by atoms with Gasteiger partial charge in [-0.2, -0.15) is 0 Å². The summed E-state index contributed by atoms with van der Waals surface area (Å²) in [6.07, 6.45) is 9.74. The monoisotopic (exact) mass is 527 g/mol. The van der Waals surface area contributed by atoms with Crippen molar-refractivity contribution in [1.82, 2.24) is 14.4 Å². The highest BCUT2D eigenvalue weighted by Gasteiger charge is 2.36. The van der Waals surface area contributed by atoms with Gasteiger partial charge in [-0.1, -0.05) is 61.2 Å². The smallest absolute Gasteiger partial charge is 0.242 e. The van der Waals surface area contributed by atoms with Gasteiger partial charge in [-0.3, -0.25) is 9.59 Å². The average Bonchev–Trinajstić information content (AvgIpc) is 3.58. The van der Waals surface area contributed by atoms with Crippen molar-refractivity contribution in [2.75, 3.05) is 13.1 Å². The Labute approximate surface area is 212 Å². The summed E-state index contributed by atoms with van der Waals surface area (Å²) in [6, 6.07) is 12.8. The van der Waals surface area contributed by atoms with Crippen LogP contribution in [0.2, 0.25) is 0 Å². The number of hydrogen-bond acceptors (Lipinski definition) is 2. The molecule has 184 valence electrons. The standard InChI is InChI=1S/C28H38BrN3O2/c1-21(2)17-31(28(34)23-12-13-23)20-27(33)32(25-7-4-3-5-8-25)19-26-9-6-16-30(26)18-22-10-14-24(29)15-11-22/h6,9-11,14-16,21,23,25H,3-5,7-8,12-13,17-20H2,1-2H3. The van der Waals surface area contributed by atoms with Gasteiger partial charge in [-0.05, 0) is 61.4 Å². The molecule has 2 saturated carbocycles. The number of nitrogens with zero attached hydrogens (tertiary/aromatic N) is 3. The molecule has 2 aromatic rings. The van der Waals surface area contributed by atoms with Gasteiger partial charge in [0.15, 0.2) is 0 Å². The molecule has 2 fully saturated rings. The Morgan fingerprint density at radius 1 is 1.03 bits per heavy atom. The van der Waals surface area contributed by atoms with E-state index in [-0.39, 0.29) is 30.3 Å². The molecular weight excluding hydrogens is 490 g/mol. The molecule has 4 rings (SSSR count). The summed E-state index contributed by atoms with van der Waals surface area (Å²) in [4.78, 5) is 30.6. The normalized spacial score (nSPS) is 16.6. The van der Waals surface area contributed by atoms with Crippen LogP contribution in [0.4, 0.5) is 0 Å². The Bertz CT molecular complexity index is 958. The fourth-order valence-corrected chi connectivity index (χ4v) is 5.30. The summed E-state index contributed by atoms with van der Waals surface area (Å²) in [5.74, 6) is 0.752. The first-order valence-corrected chi connectivity index (χ1v) is 13.7. The second-order valence-corrected chi connectivity index (χ2v) is 11.4. The summed E-state index contributed by atoms with van der Waals surface area (Å²) in [7, 11) is 0. The lowest BCUT2D eigenvalue weighted by Crippen LogP contribution is -2.48. The van der Waals surface area contributed by atoms with Crippen molar-refractivity contribution in [2.24, 2.45) is 11.8 Å². The Kier molecular flexibility index (Phi) is 8.51. The summed E-state index contributed by atoms with van der Waals surface area (Å²) >= 11 is 3.51. The van der Waals surface area contributed by atoms with Crippen molar-refractivity contribution in [1.29, 1.82) is 0 Å². The van der Waals surface area contributed by atoms with Crippen LogP contribution in [0.5, 0.6) is 0 Å². The number of aromatic nitrogens is 1. The number of carbonyl (C=O) groups is 2. The quantitative estimate of drug-likeness (QED) is 0.388. The number of hydrogen-bond donors (Lipinski definition) is 0. The number of carbonyl (C=O) groups excluding carboxylic acids is 2. The van der Waals surface area contributed by atoms with E-state index in [2.05, 4.69) is 81.8 Å². The molecular formula is C28H38BrN3O2. The van der Waals surface area contributed by atoms with Crippen molar-refractivity contribution in [3.8, 4) is 0 Å². The van der Waals surface area contributed by atoms with Crippen molar-refractivity contribution in [2.45, 2.75) is 77.9 Å². The van der Waals surface area contributed by atoms with Crippen LogP contribution in [0.1, 0.15) is 70.1 Å². The SMILES string of the molecule is CC(C)CN(CC(=O)N(Cc1cccn1Cc1ccc(Br)cc1)C1CCCCC1)C(=O)C1CC1. The minimum atomic E-state index is 0.0953. The van der Waals surface area contributed by atoms with Gasteiger partial charge >= 0.3 is 0 Å². The van der Waals surface area contributed by atoms with Crippen molar-refractivity contribution in [3.05, 3.63) is 58.3 Å². The molecule has 6 heteroatoms. The fourth-order valence-electron chi connectivity index (χ4n) is 5.04. The first-order valence-electron chi connectivity index (χ1n) is 12.9. The van der Waals surface area contributed by atoms with Crippen molar-refractivity contribution in [3.63, 3.8) is 0 Å². The molecule has 34 heavy (non-hydrogen) atoms. The third-order valence-electron chi connectivity index (χ3n) is 7.01. The zero-order valence-corrected chi connectivity index (χ0v) is 22.2. The molecule has 0 radical (unpaired) electrons. The number of amides is 2. The van der Waals surface area contributed by atoms with E-state index >= 15 is 0 Å². The molecule has 0 aliphatic heterocycles. The molecule has 2 aliphatic carbocycles.